The van der Waals surface area contributed by atoms with Crippen molar-refractivity contribution in [3.8, 4) is 0 Å². The zero-order valence-electron chi connectivity index (χ0n) is 17.0. The Hall–Kier alpha value is -2.68. The van der Waals surface area contributed by atoms with E-state index in [-0.39, 0.29) is 46.1 Å². The number of Topliss-reactive ketones (excluding diaryl/α,β-unsaturated/α-hetero) is 1. The molecule has 2 aliphatic heterocycles. The number of carbonyl (C=O) groups is 4. The van der Waals surface area contributed by atoms with Gasteiger partial charge in [-0.25, -0.2) is 0 Å². The molecule has 2 aromatic heterocycles. The molecule has 4 heterocycles. The summed E-state index contributed by atoms with van der Waals surface area (Å²) < 4.78 is 5.56. The van der Waals surface area contributed by atoms with Gasteiger partial charge >= 0.3 is 0 Å². The highest BCUT2D eigenvalue weighted by atomic mass is 32.2. The summed E-state index contributed by atoms with van der Waals surface area (Å²) in [4.78, 5) is 54.3. The molecular weight excluding hydrogens is 418 g/mol. The van der Waals surface area contributed by atoms with Gasteiger partial charge in [0.25, 0.3) is 5.91 Å². The second-order valence-electron chi connectivity index (χ2n) is 8.71. The largest absolute Gasteiger partial charge is 0.449 e. The molecule has 2 saturated heterocycles. The molecule has 3 aliphatic rings. The first kappa shape index (κ1) is 20.2. The van der Waals surface area contributed by atoms with Crippen LogP contribution in [0.5, 0.6) is 0 Å². The summed E-state index contributed by atoms with van der Waals surface area (Å²) in [6.07, 6.45) is 6.06. The fraction of sp³-hybridized carbons (Fsp3) is 0.500. The first-order chi connectivity index (χ1) is 14.9. The molecule has 0 aromatic carbocycles. The van der Waals surface area contributed by atoms with Gasteiger partial charge in [-0.15, -0.1) is 0 Å². The van der Waals surface area contributed by atoms with Crippen LogP contribution in [0, 0.1) is 17.3 Å². The van der Waals surface area contributed by atoms with E-state index < -0.39 is 5.92 Å². The molecule has 5 rings (SSSR count). The van der Waals surface area contributed by atoms with Crippen LogP contribution in [0.2, 0.25) is 0 Å². The van der Waals surface area contributed by atoms with Gasteiger partial charge in [0.2, 0.25) is 5.91 Å². The number of piperidine rings is 1. The summed E-state index contributed by atoms with van der Waals surface area (Å²) in [7, 11) is 0. The Labute approximate surface area is 183 Å². The lowest BCUT2D eigenvalue weighted by Crippen LogP contribution is -2.41. The maximum Gasteiger partial charge on any atom is 0.287 e. The van der Waals surface area contributed by atoms with E-state index in [0.717, 1.165) is 36.4 Å². The van der Waals surface area contributed by atoms with Crippen molar-refractivity contribution in [3.63, 3.8) is 0 Å². The molecule has 2 unspecified atom stereocenters. The van der Waals surface area contributed by atoms with Crippen LogP contribution < -0.4 is 5.32 Å². The fourth-order valence-corrected chi connectivity index (χ4v) is 5.71. The molecule has 1 saturated carbocycles. The van der Waals surface area contributed by atoms with Gasteiger partial charge in [0.05, 0.1) is 17.9 Å². The number of likely N-dealkylation sites (tertiary alicyclic amines) is 1. The van der Waals surface area contributed by atoms with Gasteiger partial charge in [-0.1, -0.05) is 11.8 Å². The molecular formula is C22H23N3O5S. The Morgan fingerprint density at radius 1 is 1.29 bits per heavy atom. The number of pyridine rings is 1. The van der Waals surface area contributed by atoms with E-state index in [1.54, 1.807) is 29.4 Å². The minimum Gasteiger partial charge on any atom is -0.449 e. The molecule has 2 atom stereocenters. The summed E-state index contributed by atoms with van der Waals surface area (Å²) in [6.45, 7) is 1.87. The fourth-order valence-electron chi connectivity index (χ4n) is 4.81. The number of fused-ring (bicyclic) bond motifs is 1. The molecule has 162 valence electrons. The van der Waals surface area contributed by atoms with Crippen molar-refractivity contribution in [1.29, 1.82) is 0 Å². The Balaban J connectivity index is 1.10. The summed E-state index contributed by atoms with van der Waals surface area (Å²) in [5, 5.41) is 3.65. The number of carbonyl (C=O) groups excluding carboxylic acids is 4. The van der Waals surface area contributed by atoms with Crippen LogP contribution >= 0.6 is 11.8 Å². The number of ketones is 1. The van der Waals surface area contributed by atoms with E-state index >= 15 is 0 Å². The lowest BCUT2D eigenvalue weighted by Gasteiger charge is -2.33. The first-order valence-electron chi connectivity index (χ1n) is 10.5. The van der Waals surface area contributed by atoms with Crippen LogP contribution in [0.3, 0.4) is 0 Å². The number of nitrogens with one attached hydrogen (secondary N) is 1. The molecule has 1 aliphatic carbocycles. The van der Waals surface area contributed by atoms with Gasteiger partial charge in [-0.05, 0) is 42.7 Å². The minimum absolute atomic E-state index is 0.00414. The maximum atomic E-state index is 12.5. The van der Waals surface area contributed by atoms with Crippen molar-refractivity contribution in [2.45, 2.75) is 25.7 Å². The smallest absolute Gasteiger partial charge is 0.287 e. The van der Waals surface area contributed by atoms with Gasteiger partial charge in [0.1, 0.15) is 0 Å². The van der Waals surface area contributed by atoms with Crippen LogP contribution in [0.4, 0.5) is 0 Å². The quantitative estimate of drug-likeness (QED) is 0.707. The highest BCUT2D eigenvalue weighted by Crippen LogP contribution is 2.59. The van der Waals surface area contributed by atoms with E-state index in [1.807, 2.05) is 0 Å². The van der Waals surface area contributed by atoms with E-state index in [1.165, 1.54) is 0 Å². The predicted octanol–water partition coefficient (Wildman–Crippen LogP) is 2.04. The molecule has 2 aromatic rings. The first-order valence-corrected chi connectivity index (χ1v) is 11.5. The molecule has 8 nitrogen and oxygen atoms in total. The zero-order valence-corrected chi connectivity index (χ0v) is 17.8. The van der Waals surface area contributed by atoms with Gasteiger partial charge in [-0.3, -0.25) is 24.2 Å². The van der Waals surface area contributed by atoms with Crippen molar-refractivity contribution in [2.24, 2.45) is 17.3 Å². The third-order valence-electron chi connectivity index (χ3n) is 6.94. The number of hydrogen-bond acceptors (Lipinski definition) is 7. The number of aromatic nitrogens is 1. The third-order valence-corrected chi connectivity index (χ3v) is 7.93. The van der Waals surface area contributed by atoms with Crippen LogP contribution in [0.1, 0.15) is 36.2 Å². The second-order valence-corrected chi connectivity index (χ2v) is 9.69. The van der Waals surface area contributed by atoms with Gasteiger partial charge in [-0.2, -0.15) is 0 Å². The molecule has 0 radical (unpaired) electrons. The number of rotatable bonds is 5. The van der Waals surface area contributed by atoms with Crippen LogP contribution in [0.15, 0.2) is 28.9 Å². The number of thioether (sulfide) groups is 1. The van der Waals surface area contributed by atoms with Crippen molar-refractivity contribution in [3.05, 3.63) is 30.3 Å². The molecule has 1 spiro atoms. The van der Waals surface area contributed by atoms with Gasteiger partial charge in [0, 0.05) is 37.6 Å². The Bertz CT molecular complexity index is 1020. The average molecular weight is 442 g/mol. The minimum atomic E-state index is -0.758. The van der Waals surface area contributed by atoms with Crippen molar-refractivity contribution in [2.75, 3.05) is 25.4 Å². The molecule has 9 heteroatoms. The molecule has 0 bridgehead atoms. The maximum absolute atomic E-state index is 12.5. The number of furan rings is 1. The molecule has 2 amide bonds. The summed E-state index contributed by atoms with van der Waals surface area (Å²) in [5.41, 5.74) is 0.767. The van der Waals surface area contributed by atoms with E-state index in [4.69, 9.17) is 4.42 Å². The topological polar surface area (TPSA) is 110 Å². The molecule has 3 fully saturated rings. The number of nitrogens with zero attached hydrogens (tertiary/aromatic N) is 2. The summed E-state index contributed by atoms with van der Waals surface area (Å²) in [5.74, 6) is -0.343. The van der Waals surface area contributed by atoms with Crippen molar-refractivity contribution in [1.82, 2.24) is 15.2 Å². The highest BCUT2D eigenvalue weighted by Gasteiger charge is 2.55. The standard InChI is InChI=1S/C22H23N3O5S/c26-16-12-31-21(29)15(16)8-19(27)25-5-2-22(3-6-25)9-14(22)10-24-20(28)17-7-13-1-4-23-11-18(13)30-17/h1,4,7,11,14-15H,2-3,5-6,8-10,12H2,(H,24,28). The number of hydrogen-bond donors (Lipinski definition) is 1. The monoisotopic (exact) mass is 441 g/mol. The lowest BCUT2D eigenvalue weighted by atomic mass is 9.90. The predicted molar refractivity (Wildman–Crippen MR) is 113 cm³/mol. The van der Waals surface area contributed by atoms with E-state index in [0.29, 0.717) is 31.1 Å². The molecule has 31 heavy (non-hydrogen) atoms. The van der Waals surface area contributed by atoms with Crippen molar-refractivity contribution < 1.29 is 23.6 Å². The second kappa shape index (κ2) is 7.78. The lowest BCUT2D eigenvalue weighted by molar-refractivity contribution is -0.138. The normalized spacial score (nSPS) is 24.7. The van der Waals surface area contributed by atoms with Crippen LogP contribution in [0.25, 0.3) is 11.0 Å². The van der Waals surface area contributed by atoms with Gasteiger partial charge < -0.3 is 14.6 Å². The van der Waals surface area contributed by atoms with Gasteiger partial charge in [0.15, 0.2) is 22.2 Å². The average Bonchev–Trinajstić information content (AvgIpc) is 3.10. The Morgan fingerprint density at radius 2 is 2.10 bits per heavy atom. The van der Waals surface area contributed by atoms with E-state index in [9.17, 15) is 19.2 Å². The number of amides is 2. The molecule has 1 N–H and O–H groups in total. The van der Waals surface area contributed by atoms with Crippen LogP contribution in [-0.4, -0.2) is 58.0 Å². The van der Waals surface area contributed by atoms with E-state index in [2.05, 4.69) is 10.3 Å². The Morgan fingerprint density at radius 3 is 2.81 bits per heavy atom. The zero-order chi connectivity index (χ0) is 21.6. The highest BCUT2D eigenvalue weighted by molar-refractivity contribution is 8.15. The summed E-state index contributed by atoms with van der Waals surface area (Å²) >= 11 is 1.02. The third kappa shape index (κ3) is 3.86. The Kier molecular flexibility index (Phi) is 5.08. The summed E-state index contributed by atoms with van der Waals surface area (Å²) in [6, 6.07) is 3.52. The van der Waals surface area contributed by atoms with Crippen LogP contribution in [-0.2, 0) is 14.4 Å². The SMILES string of the molecule is O=C(NCC1CC12CCN(C(=O)CC1C(=O)CSC1=O)CC2)c1cc2ccncc2o1. The van der Waals surface area contributed by atoms with Crippen molar-refractivity contribution >= 4 is 45.4 Å².